The van der Waals surface area contributed by atoms with Crippen LogP contribution in [0.2, 0.25) is 0 Å². The van der Waals surface area contributed by atoms with Gasteiger partial charge in [0.25, 0.3) is 0 Å². The largest absolute Gasteiger partial charge is 0.493 e. The molecule has 18 nitrogen and oxygen atoms in total. The average Bonchev–Trinajstić information content (AvgIpc) is 0.839. The fourth-order valence-corrected chi connectivity index (χ4v) is 11.4. The minimum absolute atomic E-state index is 0.121. The van der Waals surface area contributed by atoms with Crippen LogP contribution in [0, 0.1) is 17.5 Å². The Bertz CT molecular complexity index is 4130. The average molecular weight is 1410 g/mol. The van der Waals surface area contributed by atoms with E-state index in [0.717, 1.165) is 154 Å². The van der Waals surface area contributed by atoms with Crippen LogP contribution in [0.5, 0.6) is 34.5 Å². The SMILES string of the molecule is O=C(Oc1ccc2ccc(=O)oc2c1)c1ccc(OCCCCCCCCCCOCC(COCCCCCCCCCCOc2ccc(C(=O)Oc3ccc4ccc(=O)oc4c3)c(F)c2)OCCCCCCCCCCOc2ccc(C(=O)Oc3ccc4ccc(=O)oc4c3)c(F)c2)cc1F. The molecule has 9 aromatic rings. The molecule has 9 rings (SSSR count). The Morgan fingerprint density at radius 1 is 0.294 bits per heavy atom. The molecule has 102 heavy (non-hydrogen) atoms. The molecule has 0 spiro atoms. The molecule has 3 aromatic heterocycles. The van der Waals surface area contributed by atoms with E-state index in [2.05, 4.69) is 0 Å². The summed E-state index contributed by atoms with van der Waals surface area (Å²) in [5, 5.41) is 1.97. The molecular formula is C81H89F3O18. The summed E-state index contributed by atoms with van der Waals surface area (Å²) in [6.07, 6.45) is 24.5. The van der Waals surface area contributed by atoms with Gasteiger partial charge >= 0.3 is 34.8 Å². The molecule has 0 saturated heterocycles. The van der Waals surface area contributed by atoms with Crippen molar-refractivity contribution in [3.05, 3.63) is 211 Å². The minimum atomic E-state index is -0.881. The molecule has 0 radical (unpaired) electrons. The minimum Gasteiger partial charge on any atom is -0.493 e. The van der Waals surface area contributed by atoms with Crippen molar-refractivity contribution in [3.8, 4) is 34.5 Å². The van der Waals surface area contributed by atoms with Crippen LogP contribution in [0.15, 0.2) is 173 Å². The lowest BCUT2D eigenvalue weighted by Gasteiger charge is -2.18. The molecule has 0 N–H and O–H groups in total. The van der Waals surface area contributed by atoms with Gasteiger partial charge in [-0.15, -0.1) is 0 Å². The van der Waals surface area contributed by atoms with E-state index >= 15 is 0 Å². The topological polar surface area (TPSA) is 225 Å². The number of fused-ring (bicyclic) bond motifs is 3. The highest BCUT2D eigenvalue weighted by molar-refractivity contribution is 5.94. The molecule has 21 heteroatoms. The third-order valence-corrected chi connectivity index (χ3v) is 17.1. The maximum atomic E-state index is 15.0. The zero-order chi connectivity index (χ0) is 71.5. The highest BCUT2D eigenvalue weighted by Gasteiger charge is 2.20. The number of hydrogen-bond donors (Lipinski definition) is 0. The number of benzene rings is 6. The van der Waals surface area contributed by atoms with Crippen molar-refractivity contribution in [2.75, 3.05) is 52.9 Å². The van der Waals surface area contributed by atoms with Gasteiger partial charge in [-0.05, 0) is 130 Å². The third kappa shape index (κ3) is 26.1. The molecule has 0 saturated carbocycles. The monoisotopic (exact) mass is 1410 g/mol. The van der Waals surface area contributed by atoms with Gasteiger partial charge in [0.2, 0.25) is 0 Å². The van der Waals surface area contributed by atoms with Gasteiger partial charge in [0.05, 0.1) is 49.7 Å². The summed E-state index contributed by atoms with van der Waals surface area (Å²) >= 11 is 0. The molecule has 0 amide bonds. The number of carbonyl (C=O) groups is 3. The molecule has 0 unspecified atom stereocenters. The lowest BCUT2D eigenvalue weighted by atomic mass is 10.1. The van der Waals surface area contributed by atoms with Gasteiger partial charge in [0.1, 0.15) is 74.8 Å². The van der Waals surface area contributed by atoms with E-state index in [1.54, 1.807) is 72.8 Å². The van der Waals surface area contributed by atoms with Gasteiger partial charge in [0.15, 0.2) is 0 Å². The Kier molecular flexibility index (Phi) is 31.5. The number of unbranched alkanes of at least 4 members (excludes halogenated alkanes) is 21. The van der Waals surface area contributed by atoms with E-state index < -0.39 is 52.2 Å². The number of hydrogen-bond acceptors (Lipinski definition) is 18. The summed E-state index contributed by atoms with van der Waals surface area (Å²) in [5.74, 6) is -3.57. The second-order valence-corrected chi connectivity index (χ2v) is 25.1. The molecule has 0 atom stereocenters. The number of esters is 3. The second-order valence-electron chi connectivity index (χ2n) is 25.1. The second kappa shape index (κ2) is 42.0. The zero-order valence-corrected chi connectivity index (χ0v) is 57.5. The van der Waals surface area contributed by atoms with Crippen molar-refractivity contribution < 1.29 is 83.4 Å². The first-order chi connectivity index (χ1) is 49.8. The summed E-state index contributed by atoms with van der Waals surface area (Å²) in [6, 6.07) is 34.6. The standard InChI is InChI=1S/C81H89F3O18/c82-70-49-60(34-37-67(70)79(88)97-63-31-25-57-28-40-76(85)100-73(57)52-63)93-45-21-15-9-3-1-7-13-19-43-91-55-66(96-48-24-18-12-6-5-11-17-23-47-95-62-36-39-69(72(84)51-62)81(90)99-65-33-27-59-30-42-78(87)102-75(59)54-65)56-92-44-20-14-8-2-4-10-16-22-46-94-61-35-38-68(71(83)50-61)80(89)98-64-32-26-58-29-41-77(86)101-74(58)53-64/h25-42,49-54,66H,1-24,43-48,55-56H2. The zero-order valence-electron chi connectivity index (χ0n) is 57.5. The van der Waals surface area contributed by atoms with Crippen molar-refractivity contribution in [1.82, 2.24) is 0 Å². The van der Waals surface area contributed by atoms with E-state index in [1.165, 1.54) is 72.8 Å². The van der Waals surface area contributed by atoms with Gasteiger partial charge in [0, 0.05) is 90.6 Å². The van der Waals surface area contributed by atoms with Crippen molar-refractivity contribution >= 4 is 50.8 Å². The van der Waals surface area contributed by atoms with Crippen molar-refractivity contribution in [3.63, 3.8) is 0 Å². The quantitative estimate of drug-likeness (QED) is 0.0150. The molecule has 0 aliphatic carbocycles. The van der Waals surface area contributed by atoms with E-state index in [1.807, 2.05) is 0 Å². The van der Waals surface area contributed by atoms with Gasteiger partial charge in [-0.25, -0.2) is 41.9 Å². The first-order valence-electron chi connectivity index (χ1n) is 35.6. The Morgan fingerprint density at radius 2 is 0.549 bits per heavy atom. The van der Waals surface area contributed by atoms with Crippen LogP contribution in [0.1, 0.15) is 185 Å². The van der Waals surface area contributed by atoms with Crippen LogP contribution >= 0.6 is 0 Å². The van der Waals surface area contributed by atoms with Gasteiger partial charge in [-0.3, -0.25) is 0 Å². The number of carbonyl (C=O) groups excluding carboxylic acids is 3. The van der Waals surface area contributed by atoms with Crippen LogP contribution < -0.4 is 45.3 Å². The lowest BCUT2D eigenvalue weighted by molar-refractivity contribution is -0.0616. The van der Waals surface area contributed by atoms with E-state index in [-0.39, 0.29) is 56.8 Å². The molecular weight excluding hydrogens is 1320 g/mol. The van der Waals surface area contributed by atoms with Gasteiger partial charge in [-0.2, -0.15) is 0 Å². The summed E-state index contributed by atoms with van der Waals surface area (Å²) in [7, 11) is 0. The summed E-state index contributed by atoms with van der Waals surface area (Å²) in [4.78, 5) is 73.0. The number of rotatable bonds is 47. The highest BCUT2D eigenvalue weighted by Crippen LogP contribution is 2.28. The van der Waals surface area contributed by atoms with E-state index in [4.69, 9.17) is 55.9 Å². The predicted molar refractivity (Wildman–Crippen MR) is 380 cm³/mol. The number of ether oxygens (including phenoxy) is 9. The Balaban J connectivity index is 0.590. The van der Waals surface area contributed by atoms with Crippen molar-refractivity contribution in [1.29, 1.82) is 0 Å². The third-order valence-electron chi connectivity index (χ3n) is 17.1. The van der Waals surface area contributed by atoms with Crippen LogP contribution in [-0.4, -0.2) is 76.9 Å². The molecule has 0 fully saturated rings. The van der Waals surface area contributed by atoms with Crippen LogP contribution in [0.3, 0.4) is 0 Å². The predicted octanol–water partition coefficient (Wildman–Crippen LogP) is 18.4. The Hall–Kier alpha value is -9.57. The fraction of sp³-hybridized carbons (Fsp3) is 0.407. The van der Waals surface area contributed by atoms with Gasteiger partial charge in [-0.1, -0.05) is 116 Å². The molecule has 0 aliphatic rings. The summed E-state index contributed by atoms with van der Waals surface area (Å²) in [6.45, 7) is 4.15. The van der Waals surface area contributed by atoms with Crippen LogP contribution in [0.25, 0.3) is 32.9 Å². The molecule has 6 aromatic carbocycles. The number of halogens is 3. The fourth-order valence-electron chi connectivity index (χ4n) is 11.4. The smallest absolute Gasteiger partial charge is 0.346 e. The first-order valence-corrected chi connectivity index (χ1v) is 35.6. The van der Waals surface area contributed by atoms with Crippen molar-refractivity contribution in [2.24, 2.45) is 0 Å². The summed E-state index contributed by atoms with van der Waals surface area (Å²) < 4.78 is 112. The molecule has 0 aliphatic heterocycles. The van der Waals surface area contributed by atoms with Gasteiger partial charge < -0.3 is 55.9 Å². The Morgan fingerprint density at radius 3 is 0.843 bits per heavy atom. The molecule has 542 valence electrons. The maximum absolute atomic E-state index is 15.0. The Labute approximate surface area is 590 Å². The van der Waals surface area contributed by atoms with E-state index in [9.17, 15) is 41.9 Å². The first kappa shape index (κ1) is 76.6. The van der Waals surface area contributed by atoms with Crippen LogP contribution in [-0.2, 0) is 14.2 Å². The molecule has 0 bridgehead atoms. The highest BCUT2D eigenvalue weighted by atomic mass is 19.1. The normalized spacial score (nSPS) is 11.4. The maximum Gasteiger partial charge on any atom is 0.346 e. The summed E-state index contributed by atoms with van der Waals surface area (Å²) in [5.41, 5.74) is -1.57. The molecule has 3 heterocycles. The lowest BCUT2D eigenvalue weighted by Crippen LogP contribution is -2.26. The van der Waals surface area contributed by atoms with Crippen LogP contribution in [0.4, 0.5) is 13.2 Å². The van der Waals surface area contributed by atoms with E-state index in [0.29, 0.717) is 86.3 Å². The van der Waals surface area contributed by atoms with Crippen molar-refractivity contribution in [2.45, 2.75) is 160 Å².